The van der Waals surface area contributed by atoms with Crippen LogP contribution in [-0.4, -0.2) is 35.9 Å². The number of ether oxygens (including phenoxy) is 3. The summed E-state index contributed by atoms with van der Waals surface area (Å²) < 4.78 is 18.0. The Morgan fingerprint density at radius 2 is 1.71 bits per heavy atom. The zero-order valence-corrected chi connectivity index (χ0v) is 16.6. The summed E-state index contributed by atoms with van der Waals surface area (Å²) in [6, 6.07) is 13.9. The molecule has 1 N–H and O–H groups in total. The van der Waals surface area contributed by atoms with E-state index in [4.69, 9.17) is 14.2 Å². The molecule has 0 saturated carbocycles. The first kappa shape index (κ1) is 18.1. The molecule has 2 heterocycles. The molecule has 2 aromatic heterocycles. The van der Waals surface area contributed by atoms with Crippen molar-refractivity contribution in [2.75, 3.05) is 26.6 Å². The van der Waals surface area contributed by atoms with Crippen molar-refractivity contribution < 1.29 is 14.2 Å². The van der Waals surface area contributed by atoms with Crippen LogP contribution in [-0.2, 0) is 6.54 Å². The Morgan fingerprint density at radius 1 is 1.00 bits per heavy atom. The lowest BCUT2D eigenvalue weighted by Gasteiger charge is -2.14. The van der Waals surface area contributed by atoms with Crippen LogP contribution in [0.4, 0.5) is 5.13 Å². The summed E-state index contributed by atoms with van der Waals surface area (Å²) in [5.74, 6) is 1.83. The number of imidazole rings is 1. The fourth-order valence-electron chi connectivity index (χ4n) is 2.93. The molecule has 0 aliphatic carbocycles. The van der Waals surface area contributed by atoms with E-state index in [2.05, 4.69) is 15.4 Å². The van der Waals surface area contributed by atoms with Crippen molar-refractivity contribution in [3.8, 4) is 28.5 Å². The lowest BCUT2D eigenvalue weighted by molar-refractivity contribution is 0.324. The van der Waals surface area contributed by atoms with Crippen LogP contribution in [0, 0.1) is 0 Å². The van der Waals surface area contributed by atoms with Crippen molar-refractivity contribution >= 4 is 21.4 Å². The van der Waals surface area contributed by atoms with Crippen LogP contribution in [0.5, 0.6) is 17.2 Å². The predicted octanol–water partition coefficient (Wildman–Crippen LogP) is 4.10. The van der Waals surface area contributed by atoms with Gasteiger partial charge in [-0.05, 0) is 17.7 Å². The average molecular weight is 396 g/mol. The van der Waals surface area contributed by atoms with Gasteiger partial charge in [0.05, 0.1) is 33.2 Å². The van der Waals surface area contributed by atoms with Crippen LogP contribution in [0.2, 0.25) is 0 Å². The third kappa shape index (κ3) is 3.46. The molecule has 2 aromatic carbocycles. The molecule has 7 nitrogen and oxygen atoms in total. The monoisotopic (exact) mass is 396 g/mol. The molecule has 0 unspecified atom stereocenters. The first-order valence-electron chi connectivity index (χ1n) is 8.66. The molecular formula is C20H20N4O3S. The van der Waals surface area contributed by atoms with Gasteiger partial charge in [-0.1, -0.05) is 41.7 Å². The zero-order valence-electron chi connectivity index (χ0n) is 15.8. The molecule has 0 bridgehead atoms. The van der Waals surface area contributed by atoms with E-state index in [9.17, 15) is 0 Å². The predicted molar refractivity (Wildman–Crippen MR) is 110 cm³/mol. The van der Waals surface area contributed by atoms with Crippen molar-refractivity contribution in [3.05, 3.63) is 54.2 Å². The van der Waals surface area contributed by atoms with Crippen LogP contribution >= 0.6 is 11.3 Å². The zero-order chi connectivity index (χ0) is 19.5. The Bertz CT molecular complexity index is 1030. The van der Waals surface area contributed by atoms with E-state index in [-0.39, 0.29) is 0 Å². The van der Waals surface area contributed by atoms with Gasteiger partial charge >= 0.3 is 0 Å². The number of nitrogens with zero attached hydrogens (tertiary/aromatic N) is 3. The number of hydrogen-bond donors (Lipinski definition) is 1. The van der Waals surface area contributed by atoms with Gasteiger partial charge in [-0.3, -0.25) is 0 Å². The highest BCUT2D eigenvalue weighted by Crippen LogP contribution is 2.38. The van der Waals surface area contributed by atoms with Gasteiger partial charge in [0.2, 0.25) is 15.8 Å². The maximum absolute atomic E-state index is 5.40. The second-order valence-corrected chi connectivity index (χ2v) is 6.97. The highest BCUT2D eigenvalue weighted by atomic mass is 32.1. The fourth-order valence-corrected chi connectivity index (χ4v) is 3.71. The summed E-state index contributed by atoms with van der Waals surface area (Å²) in [5, 5.41) is 8.69. The van der Waals surface area contributed by atoms with E-state index < -0.39 is 0 Å². The van der Waals surface area contributed by atoms with Gasteiger partial charge in [0.1, 0.15) is 0 Å². The van der Waals surface area contributed by atoms with Crippen molar-refractivity contribution in [3.63, 3.8) is 0 Å². The second kappa shape index (κ2) is 7.77. The average Bonchev–Trinajstić information content (AvgIpc) is 3.31. The summed E-state index contributed by atoms with van der Waals surface area (Å²) >= 11 is 1.50. The Labute approximate surface area is 166 Å². The normalized spacial score (nSPS) is 10.8. The van der Waals surface area contributed by atoms with Crippen molar-refractivity contribution in [1.82, 2.24) is 14.6 Å². The van der Waals surface area contributed by atoms with Gasteiger partial charge in [-0.2, -0.15) is 0 Å². The molecule has 0 aliphatic rings. The molecule has 144 valence electrons. The number of anilines is 1. The van der Waals surface area contributed by atoms with Gasteiger partial charge in [-0.25, -0.2) is 9.50 Å². The molecule has 4 aromatic rings. The fraction of sp³-hybridized carbons (Fsp3) is 0.200. The van der Waals surface area contributed by atoms with E-state index >= 15 is 0 Å². The number of hydrogen-bond acceptors (Lipinski definition) is 7. The lowest BCUT2D eigenvalue weighted by atomic mass is 10.2. The molecule has 0 amide bonds. The summed E-state index contributed by atoms with van der Waals surface area (Å²) in [4.78, 5) is 5.50. The highest BCUT2D eigenvalue weighted by molar-refractivity contribution is 7.20. The Balaban J connectivity index is 1.52. The van der Waals surface area contributed by atoms with Crippen LogP contribution in [0.25, 0.3) is 16.2 Å². The molecule has 0 saturated heterocycles. The van der Waals surface area contributed by atoms with Gasteiger partial charge in [0.15, 0.2) is 11.5 Å². The molecule has 4 rings (SSSR count). The van der Waals surface area contributed by atoms with E-state index in [0.29, 0.717) is 23.8 Å². The number of methoxy groups -OCH3 is 3. The molecule has 0 radical (unpaired) electrons. The molecule has 0 fully saturated rings. The van der Waals surface area contributed by atoms with Crippen molar-refractivity contribution in [1.29, 1.82) is 0 Å². The Kier molecular flexibility index (Phi) is 5.03. The first-order chi connectivity index (χ1) is 13.7. The van der Waals surface area contributed by atoms with Crippen LogP contribution in [0.3, 0.4) is 0 Å². The number of fused-ring (bicyclic) bond motifs is 1. The van der Waals surface area contributed by atoms with Crippen molar-refractivity contribution in [2.24, 2.45) is 0 Å². The molecule has 0 atom stereocenters. The maximum Gasteiger partial charge on any atom is 0.214 e. The van der Waals surface area contributed by atoms with Crippen LogP contribution in [0.15, 0.2) is 48.7 Å². The number of rotatable bonds is 7. The SMILES string of the molecule is COc1cc(CNc2nn3cc(-c4ccccc4)nc3s2)cc(OC)c1OC. The summed E-state index contributed by atoms with van der Waals surface area (Å²) in [7, 11) is 4.80. The van der Waals surface area contributed by atoms with E-state index in [0.717, 1.165) is 26.9 Å². The third-order valence-electron chi connectivity index (χ3n) is 4.28. The molecule has 0 aliphatic heterocycles. The second-order valence-electron chi connectivity index (χ2n) is 6.01. The third-order valence-corrected chi connectivity index (χ3v) is 5.16. The largest absolute Gasteiger partial charge is 0.493 e. The number of aromatic nitrogens is 3. The van der Waals surface area contributed by atoms with Crippen LogP contribution in [0.1, 0.15) is 5.56 Å². The van der Waals surface area contributed by atoms with Crippen molar-refractivity contribution in [2.45, 2.75) is 6.54 Å². The Hall–Kier alpha value is -3.26. The minimum absolute atomic E-state index is 0.568. The molecule has 0 spiro atoms. The van der Waals surface area contributed by atoms with Crippen LogP contribution < -0.4 is 19.5 Å². The lowest BCUT2D eigenvalue weighted by Crippen LogP contribution is -2.02. The Morgan fingerprint density at radius 3 is 2.32 bits per heavy atom. The standard InChI is InChI=1S/C20H20N4O3S/c1-25-16-9-13(10-17(26-2)18(16)27-3)11-21-19-23-24-12-15(22-20(24)28-19)14-7-5-4-6-8-14/h4-10,12H,11H2,1-3H3,(H,21,23). The highest BCUT2D eigenvalue weighted by Gasteiger charge is 2.14. The quantitative estimate of drug-likeness (QED) is 0.507. The molecule has 28 heavy (non-hydrogen) atoms. The maximum atomic E-state index is 5.40. The number of benzene rings is 2. The topological polar surface area (TPSA) is 69.9 Å². The molecule has 8 heteroatoms. The first-order valence-corrected chi connectivity index (χ1v) is 9.48. The van der Waals surface area contributed by atoms with E-state index in [1.165, 1.54) is 11.3 Å². The van der Waals surface area contributed by atoms with E-state index in [1.54, 1.807) is 25.8 Å². The van der Waals surface area contributed by atoms with Gasteiger partial charge < -0.3 is 19.5 Å². The summed E-state index contributed by atoms with van der Waals surface area (Å²) in [6.45, 7) is 0.568. The van der Waals surface area contributed by atoms with Gasteiger partial charge in [0, 0.05) is 12.1 Å². The minimum Gasteiger partial charge on any atom is -0.493 e. The van der Waals surface area contributed by atoms with E-state index in [1.807, 2.05) is 48.7 Å². The minimum atomic E-state index is 0.568. The summed E-state index contributed by atoms with van der Waals surface area (Å²) in [6.07, 6.45) is 1.94. The smallest absolute Gasteiger partial charge is 0.214 e. The summed E-state index contributed by atoms with van der Waals surface area (Å²) in [5.41, 5.74) is 2.98. The van der Waals surface area contributed by atoms with Gasteiger partial charge in [-0.15, -0.1) is 5.10 Å². The molecular weight excluding hydrogens is 376 g/mol. The van der Waals surface area contributed by atoms with Gasteiger partial charge in [0.25, 0.3) is 0 Å². The number of nitrogens with one attached hydrogen (secondary N) is 1.